The van der Waals surface area contributed by atoms with E-state index in [4.69, 9.17) is 4.74 Å². The molecule has 0 saturated carbocycles. The van der Waals surface area contributed by atoms with E-state index in [9.17, 15) is 14.4 Å². The minimum Gasteiger partial charge on any atom is -0.497 e. The molecule has 0 bridgehead atoms. The SMILES string of the molecule is COc1ccc(C[NH+]2CCN(C(=O)CCN3C(=O)CCC3=O)CC2)cc1. The van der Waals surface area contributed by atoms with Gasteiger partial charge in [0.25, 0.3) is 0 Å². The van der Waals surface area contributed by atoms with E-state index in [1.54, 1.807) is 7.11 Å². The maximum absolute atomic E-state index is 12.4. The van der Waals surface area contributed by atoms with Gasteiger partial charge in [0.05, 0.1) is 33.3 Å². The van der Waals surface area contributed by atoms with Crippen molar-refractivity contribution in [1.29, 1.82) is 0 Å². The van der Waals surface area contributed by atoms with Crippen molar-refractivity contribution in [3.8, 4) is 5.75 Å². The first-order chi connectivity index (χ1) is 12.6. The van der Waals surface area contributed by atoms with Crippen molar-refractivity contribution in [3.63, 3.8) is 0 Å². The fraction of sp³-hybridized carbons (Fsp3) is 0.526. The van der Waals surface area contributed by atoms with Gasteiger partial charge in [-0.3, -0.25) is 19.3 Å². The third kappa shape index (κ3) is 4.40. The molecule has 1 aromatic rings. The van der Waals surface area contributed by atoms with Crippen LogP contribution in [0.15, 0.2) is 24.3 Å². The molecule has 26 heavy (non-hydrogen) atoms. The molecule has 0 radical (unpaired) electrons. The zero-order chi connectivity index (χ0) is 18.5. The molecule has 2 aliphatic rings. The van der Waals surface area contributed by atoms with Crippen LogP contribution in [0.1, 0.15) is 24.8 Å². The lowest BCUT2D eigenvalue weighted by Crippen LogP contribution is -3.13. The summed E-state index contributed by atoms with van der Waals surface area (Å²) in [6, 6.07) is 8.09. The molecule has 0 atom stereocenters. The highest BCUT2D eigenvalue weighted by Gasteiger charge is 2.30. The van der Waals surface area contributed by atoms with Crippen LogP contribution in [0.25, 0.3) is 0 Å². The Morgan fingerprint density at radius 1 is 1.08 bits per heavy atom. The Morgan fingerprint density at radius 2 is 1.69 bits per heavy atom. The smallest absolute Gasteiger partial charge is 0.229 e. The molecule has 2 saturated heterocycles. The zero-order valence-electron chi connectivity index (χ0n) is 15.2. The van der Waals surface area contributed by atoms with Crippen LogP contribution < -0.4 is 9.64 Å². The van der Waals surface area contributed by atoms with Gasteiger partial charge in [0.2, 0.25) is 17.7 Å². The molecule has 1 aromatic carbocycles. The van der Waals surface area contributed by atoms with Crippen LogP contribution in [0.5, 0.6) is 5.75 Å². The van der Waals surface area contributed by atoms with Gasteiger partial charge >= 0.3 is 0 Å². The highest BCUT2D eigenvalue weighted by atomic mass is 16.5. The summed E-state index contributed by atoms with van der Waals surface area (Å²) in [6.07, 6.45) is 0.784. The van der Waals surface area contributed by atoms with Gasteiger partial charge in [0.1, 0.15) is 12.3 Å². The molecule has 1 N–H and O–H groups in total. The van der Waals surface area contributed by atoms with Gasteiger partial charge in [-0.2, -0.15) is 0 Å². The Balaban J connectivity index is 1.41. The van der Waals surface area contributed by atoms with Crippen molar-refractivity contribution in [2.24, 2.45) is 0 Å². The maximum Gasteiger partial charge on any atom is 0.229 e. The molecular weight excluding hydrogens is 334 g/mol. The summed E-state index contributed by atoms with van der Waals surface area (Å²) in [5.41, 5.74) is 1.26. The fourth-order valence-electron chi connectivity index (χ4n) is 3.52. The third-order valence-electron chi connectivity index (χ3n) is 5.14. The minimum absolute atomic E-state index is 0.0287. The molecule has 0 spiro atoms. The molecule has 0 aromatic heterocycles. The maximum atomic E-state index is 12.4. The predicted octanol–water partition coefficient (Wildman–Crippen LogP) is -0.539. The fourth-order valence-corrected chi connectivity index (χ4v) is 3.52. The second kappa shape index (κ2) is 8.31. The van der Waals surface area contributed by atoms with Crippen molar-refractivity contribution in [2.45, 2.75) is 25.8 Å². The molecule has 140 valence electrons. The first kappa shape index (κ1) is 18.4. The summed E-state index contributed by atoms with van der Waals surface area (Å²) in [5.74, 6) is 0.572. The number of likely N-dealkylation sites (tertiary alicyclic amines) is 1. The van der Waals surface area contributed by atoms with E-state index >= 15 is 0 Å². The average molecular weight is 360 g/mol. The second-order valence-electron chi connectivity index (χ2n) is 6.84. The number of rotatable bonds is 6. The largest absolute Gasteiger partial charge is 0.497 e. The molecule has 0 aliphatic carbocycles. The molecule has 7 nitrogen and oxygen atoms in total. The number of nitrogens with one attached hydrogen (secondary N) is 1. The van der Waals surface area contributed by atoms with E-state index < -0.39 is 0 Å². The van der Waals surface area contributed by atoms with E-state index in [0.717, 1.165) is 25.4 Å². The van der Waals surface area contributed by atoms with Crippen LogP contribution in [-0.2, 0) is 20.9 Å². The number of amides is 3. The lowest BCUT2D eigenvalue weighted by atomic mass is 10.2. The van der Waals surface area contributed by atoms with Crippen LogP contribution in [0.3, 0.4) is 0 Å². The highest BCUT2D eigenvalue weighted by molar-refractivity contribution is 6.02. The Morgan fingerprint density at radius 3 is 2.27 bits per heavy atom. The molecule has 7 heteroatoms. The number of carbonyl (C=O) groups is 3. The Labute approximate surface area is 153 Å². The average Bonchev–Trinajstić information content (AvgIpc) is 2.99. The molecule has 0 unspecified atom stereocenters. The normalized spacial score (nSPS) is 18.5. The minimum atomic E-state index is -0.156. The number of hydrogen-bond acceptors (Lipinski definition) is 4. The van der Waals surface area contributed by atoms with Gasteiger partial charge in [-0.1, -0.05) is 0 Å². The summed E-state index contributed by atoms with van der Waals surface area (Å²) in [5, 5.41) is 0. The number of nitrogens with zero attached hydrogens (tertiary/aromatic N) is 2. The lowest BCUT2D eigenvalue weighted by molar-refractivity contribution is -0.917. The van der Waals surface area contributed by atoms with Gasteiger partial charge < -0.3 is 14.5 Å². The number of ether oxygens (including phenoxy) is 1. The van der Waals surface area contributed by atoms with Gasteiger partial charge in [0, 0.05) is 31.4 Å². The van der Waals surface area contributed by atoms with E-state index in [1.165, 1.54) is 15.4 Å². The van der Waals surface area contributed by atoms with Gasteiger partial charge in [0.15, 0.2) is 0 Å². The Bertz CT molecular complexity index is 650. The summed E-state index contributed by atoms with van der Waals surface area (Å²) >= 11 is 0. The van der Waals surface area contributed by atoms with Crippen molar-refractivity contribution in [3.05, 3.63) is 29.8 Å². The summed E-state index contributed by atoms with van der Waals surface area (Å²) in [6.45, 7) is 4.38. The molecule has 2 heterocycles. The summed E-state index contributed by atoms with van der Waals surface area (Å²) < 4.78 is 5.18. The third-order valence-corrected chi connectivity index (χ3v) is 5.14. The predicted molar refractivity (Wildman–Crippen MR) is 94.5 cm³/mol. The number of quaternary nitrogens is 1. The number of hydrogen-bond donors (Lipinski definition) is 1. The molecule has 2 aliphatic heterocycles. The number of benzene rings is 1. The quantitative estimate of drug-likeness (QED) is 0.692. The van der Waals surface area contributed by atoms with Gasteiger partial charge in [-0.25, -0.2) is 0 Å². The van der Waals surface area contributed by atoms with Crippen LogP contribution >= 0.6 is 0 Å². The van der Waals surface area contributed by atoms with E-state index in [1.807, 2.05) is 17.0 Å². The van der Waals surface area contributed by atoms with Crippen LogP contribution in [0.4, 0.5) is 0 Å². The van der Waals surface area contributed by atoms with E-state index in [-0.39, 0.29) is 43.5 Å². The number of piperazine rings is 1. The lowest BCUT2D eigenvalue weighted by Gasteiger charge is -2.32. The van der Waals surface area contributed by atoms with E-state index in [2.05, 4.69) is 12.1 Å². The first-order valence-corrected chi connectivity index (χ1v) is 9.14. The molecule has 3 rings (SSSR count). The van der Waals surface area contributed by atoms with Crippen LogP contribution in [-0.4, -0.2) is 67.4 Å². The number of imide groups is 1. The highest BCUT2D eigenvalue weighted by Crippen LogP contribution is 2.13. The second-order valence-corrected chi connectivity index (χ2v) is 6.84. The monoisotopic (exact) mass is 360 g/mol. The molecular formula is C19H26N3O4+. The topological polar surface area (TPSA) is 71.4 Å². The van der Waals surface area contributed by atoms with Crippen molar-refractivity contribution in [1.82, 2.24) is 9.80 Å². The molecule has 3 amide bonds. The number of carbonyl (C=O) groups excluding carboxylic acids is 3. The van der Waals surface area contributed by atoms with Crippen LogP contribution in [0, 0.1) is 0 Å². The van der Waals surface area contributed by atoms with Crippen molar-refractivity contribution in [2.75, 3.05) is 39.8 Å². The molecule has 2 fully saturated rings. The van der Waals surface area contributed by atoms with Crippen molar-refractivity contribution >= 4 is 17.7 Å². The summed E-state index contributed by atoms with van der Waals surface area (Å²) in [4.78, 5) is 40.1. The standard InChI is InChI=1S/C19H25N3O4/c1-26-16-4-2-15(3-5-16)14-20-10-12-21(13-11-20)17(23)8-9-22-18(24)6-7-19(22)25/h2-5H,6-14H2,1H3/p+1. The Hall–Kier alpha value is -2.41. The van der Waals surface area contributed by atoms with E-state index in [0.29, 0.717) is 13.1 Å². The first-order valence-electron chi connectivity index (χ1n) is 9.14. The Kier molecular flexibility index (Phi) is 5.88. The van der Waals surface area contributed by atoms with Crippen molar-refractivity contribution < 1.29 is 24.0 Å². The van der Waals surface area contributed by atoms with Gasteiger partial charge in [-0.15, -0.1) is 0 Å². The van der Waals surface area contributed by atoms with Crippen LogP contribution in [0.2, 0.25) is 0 Å². The van der Waals surface area contributed by atoms with Gasteiger partial charge in [-0.05, 0) is 24.3 Å². The zero-order valence-corrected chi connectivity index (χ0v) is 15.2. The number of methoxy groups -OCH3 is 1. The summed E-state index contributed by atoms with van der Waals surface area (Å²) in [7, 11) is 1.66.